The van der Waals surface area contributed by atoms with Gasteiger partial charge in [0.05, 0.1) is 0 Å². The number of piperidine rings is 1. The van der Waals surface area contributed by atoms with Crippen LogP contribution >= 0.6 is 0 Å². The Morgan fingerprint density at radius 3 is 2.93 bits per heavy atom. The molecule has 1 aliphatic heterocycles. The molecule has 15 heavy (non-hydrogen) atoms. The molecule has 1 saturated heterocycles. The predicted molar refractivity (Wildman–Crippen MR) is 62.7 cm³/mol. The molecule has 0 bridgehead atoms. The molecule has 0 aromatic heterocycles. The third-order valence-corrected chi connectivity index (χ3v) is 2.94. The predicted octanol–water partition coefficient (Wildman–Crippen LogP) is 1.54. The Labute approximate surface area is 93.0 Å². The molecular formula is C12H24N2O. The standard InChI is InChI=1S/C12H24N2O/c1-10(2)5-6-12(15)14-9-11-4-3-7-13-8-11/h10-11,13H,3-9H2,1-2H3,(H,14,15). The molecule has 0 aliphatic carbocycles. The van der Waals surface area contributed by atoms with Crippen LogP contribution in [0, 0.1) is 11.8 Å². The van der Waals surface area contributed by atoms with E-state index < -0.39 is 0 Å². The van der Waals surface area contributed by atoms with Crippen LogP contribution in [0.4, 0.5) is 0 Å². The molecule has 1 fully saturated rings. The molecule has 1 rings (SSSR count). The SMILES string of the molecule is CC(C)CCC(=O)NCC1CCCNC1. The van der Waals surface area contributed by atoms with Gasteiger partial charge in [0.25, 0.3) is 0 Å². The zero-order valence-corrected chi connectivity index (χ0v) is 10.0. The van der Waals surface area contributed by atoms with Gasteiger partial charge in [-0.25, -0.2) is 0 Å². The average molecular weight is 212 g/mol. The fraction of sp³-hybridized carbons (Fsp3) is 0.917. The van der Waals surface area contributed by atoms with Gasteiger partial charge in [0.1, 0.15) is 0 Å². The van der Waals surface area contributed by atoms with Gasteiger partial charge in [0, 0.05) is 13.0 Å². The van der Waals surface area contributed by atoms with Gasteiger partial charge in [-0.2, -0.15) is 0 Å². The summed E-state index contributed by atoms with van der Waals surface area (Å²) < 4.78 is 0. The summed E-state index contributed by atoms with van der Waals surface area (Å²) in [6, 6.07) is 0. The van der Waals surface area contributed by atoms with Crippen molar-refractivity contribution in [3.05, 3.63) is 0 Å². The fourth-order valence-corrected chi connectivity index (χ4v) is 1.86. The molecule has 88 valence electrons. The van der Waals surface area contributed by atoms with Crippen molar-refractivity contribution in [1.29, 1.82) is 0 Å². The van der Waals surface area contributed by atoms with Gasteiger partial charge in [0.2, 0.25) is 5.91 Å². The second-order valence-electron chi connectivity index (χ2n) is 4.95. The third-order valence-electron chi connectivity index (χ3n) is 2.94. The first-order valence-electron chi connectivity index (χ1n) is 6.16. The summed E-state index contributed by atoms with van der Waals surface area (Å²) >= 11 is 0. The van der Waals surface area contributed by atoms with E-state index in [1.54, 1.807) is 0 Å². The van der Waals surface area contributed by atoms with Crippen LogP contribution in [0.25, 0.3) is 0 Å². The largest absolute Gasteiger partial charge is 0.356 e. The number of hydrogen-bond acceptors (Lipinski definition) is 2. The summed E-state index contributed by atoms with van der Waals surface area (Å²) in [6.45, 7) is 7.35. The number of carbonyl (C=O) groups excluding carboxylic acids is 1. The molecule has 1 heterocycles. The molecule has 1 aliphatic rings. The maximum atomic E-state index is 11.5. The lowest BCUT2D eigenvalue weighted by Crippen LogP contribution is -2.38. The Balaban J connectivity index is 2.05. The summed E-state index contributed by atoms with van der Waals surface area (Å²) in [5, 5.41) is 6.39. The maximum absolute atomic E-state index is 11.5. The average Bonchev–Trinajstić information content (AvgIpc) is 2.25. The van der Waals surface area contributed by atoms with E-state index in [4.69, 9.17) is 0 Å². The van der Waals surface area contributed by atoms with Crippen LogP contribution in [0.15, 0.2) is 0 Å². The highest BCUT2D eigenvalue weighted by Crippen LogP contribution is 2.08. The van der Waals surface area contributed by atoms with Crippen molar-refractivity contribution in [3.8, 4) is 0 Å². The number of amides is 1. The molecule has 0 aromatic carbocycles. The number of hydrogen-bond donors (Lipinski definition) is 2. The van der Waals surface area contributed by atoms with Crippen LogP contribution < -0.4 is 10.6 Å². The van der Waals surface area contributed by atoms with Gasteiger partial charge in [-0.1, -0.05) is 13.8 Å². The normalized spacial score (nSPS) is 21.7. The van der Waals surface area contributed by atoms with Crippen LogP contribution in [0.5, 0.6) is 0 Å². The lowest BCUT2D eigenvalue weighted by atomic mass is 9.99. The quantitative estimate of drug-likeness (QED) is 0.726. The molecule has 3 heteroatoms. The zero-order chi connectivity index (χ0) is 11.1. The van der Waals surface area contributed by atoms with Gasteiger partial charge in [-0.15, -0.1) is 0 Å². The minimum atomic E-state index is 0.217. The van der Waals surface area contributed by atoms with Gasteiger partial charge in [-0.3, -0.25) is 4.79 Å². The fourth-order valence-electron chi connectivity index (χ4n) is 1.86. The van der Waals surface area contributed by atoms with E-state index in [2.05, 4.69) is 24.5 Å². The molecule has 2 N–H and O–H groups in total. The first kappa shape index (κ1) is 12.5. The summed E-state index contributed by atoms with van der Waals surface area (Å²) in [6.07, 6.45) is 4.16. The van der Waals surface area contributed by atoms with E-state index in [9.17, 15) is 4.79 Å². The highest BCUT2D eigenvalue weighted by molar-refractivity contribution is 5.75. The summed E-state index contributed by atoms with van der Waals surface area (Å²) in [5.74, 6) is 1.48. The van der Waals surface area contributed by atoms with E-state index in [0.29, 0.717) is 18.3 Å². The Hall–Kier alpha value is -0.570. The Bertz CT molecular complexity index is 186. The molecular weight excluding hydrogens is 188 g/mol. The highest BCUT2D eigenvalue weighted by atomic mass is 16.1. The summed E-state index contributed by atoms with van der Waals surface area (Å²) in [7, 11) is 0. The number of nitrogens with one attached hydrogen (secondary N) is 2. The lowest BCUT2D eigenvalue weighted by Gasteiger charge is -2.22. The van der Waals surface area contributed by atoms with E-state index in [1.165, 1.54) is 12.8 Å². The topological polar surface area (TPSA) is 41.1 Å². The van der Waals surface area contributed by atoms with Crippen LogP contribution in [-0.4, -0.2) is 25.5 Å². The van der Waals surface area contributed by atoms with Gasteiger partial charge in [0.15, 0.2) is 0 Å². The highest BCUT2D eigenvalue weighted by Gasteiger charge is 2.13. The van der Waals surface area contributed by atoms with E-state index in [0.717, 1.165) is 26.1 Å². The summed E-state index contributed by atoms with van der Waals surface area (Å²) in [5.41, 5.74) is 0. The van der Waals surface area contributed by atoms with Gasteiger partial charge in [-0.05, 0) is 44.2 Å². The zero-order valence-electron chi connectivity index (χ0n) is 10.0. The second-order valence-corrected chi connectivity index (χ2v) is 4.95. The Morgan fingerprint density at radius 2 is 2.33 bits per heavy atom. The van der Waals surface area contributed by atoms with Crippen molar-refractivity contribution in [2.45, 2.75) is 39.5 Å². The number of rotatable bonds is 5. The smallest absolute Gasteiger partial charge is 0.220 e. The minimum Gasteiger partial charge on any atom is -0.356 e. The van der Waals surface area contributed by atoms with Crippen LogP contribution in [-0.2, 0) is 4.79 Å². The third kappa shape index (κ3) is 5.78. The maximum Gasteiger partial charge on any atom is 0.220 e. The number of carbonyl (C=O) groups is 1. The molecule has 0 radical (unpaired) electrons. The second kappa shape index (κ2) is 6.83. The van der Waals surface area contributed by atoms with Crippen LogP contribution in [0.1, 0.15) is 39.5 Å². The van der Waals surface area contributed by atoms with E-state index in [-0.39, 0.29) is 5.91 Å². The first-order chi connectivity index (χ1) is 7.18. The molecule has 1 unspecified atom stereocenters. The minimum absolute atomic E-state index is 0.217. The Morgan fingerprint density at radius 1 is 1.53 bits per heavy atom. The molecule has 0 aromatic rings. The van der Waals surface area contributed by atoms with Crippen molar-refractivity contribution in [1.82, 2.24) is 10.6 Å². The lowest BCUT2D eigenvalue weighted by molar-refractivity contribution is -0.121. The van der Waals surface area contributed by atoms with E-state index in [1.807, 2.05) is 0 Å². The molecule has 1 atom stereocenters. The van der Waals surface area contributed by atoms with E-state index >= 15 is 0 Å². The van der Waals surface area contributed by atoms with Crippen LogP contribution in [0.3, 0.4) is 0 Å². The molecule has 1 amide bonds. The van der Waals surface area contributed by atoms with Crippen molar-refractivity contribution in [3.63, 3.8) is 0 Å². The monoisotopic (exact) mass is 212 g/mol. The molecule has 3 nitrogen and oxygen atoms in total. The van der Waals surface area contributed by atoms with Gasteiger partial charge < -0.3 is 10.6 Å². The van der Waals surface area contributed by atoms with Crippen molar-refractivity contribution in [2.24, 2.45) is 11.8 Å². The van der Waals surface area contributed by atoms with Crippen LogP contribution in [0.2, 0.25) is 0 Å². The van der Waals surface area contributed by atoms with Crippen molar-refractivity contribution >= 4 is 5.91 Å². The van der Waals surface area contributed by atoms with Gasteiger partial charge >= 0.3 is 0 Å². The molecule has 0 spiro atoms. The summed E-state index contributed by atoms with van der Waals surface area (Å²) in [4.78, 5) is 11.5. The van der Waals surface area contributed by atoms with Crippen molar-refractivity contribution < 1.29 is 4.79 Å². The molecule has 0 saturated carbocycles. The van der Waals surface area contributed by atoms with Crippen molar-refractivity contribution in [2.75, 3.05) is 19.6 Å². The Kier molecular flexibility index (Phi) is 5.69. The first-order valence-corrected chi connectivity index (χ1v) is 6.16.